The number of piperazine rings is 1. The number of carbonyl (C=O) groups is 1. The molecule has 3 aliphatic rings. The Hall–Kier alpha value is -2.71. The molecule has 2 fully saturated rings. The van der Waals surface area contributed by atoms with E-state index in [1.54, 1.807) is 0 Å². The first-order chi connectivity index (χ1) is 15.7. The fourth-order valence-electron chi connectivity index (χ4n) is 4.92. The molecule has 8 nitrogen and oxygen atoms in total. The number of nitrogens with zero attached hydrogens (tertiary/aromatic N) is 4. The number of benzene rings is 1. The van der Waals surface area contributed by atoms with E-state index in [1.807, 2.05) is 34.2 Å². The quantitative estimate of drug-likeness (QED) is 0.770. The number of urea groups is 1. The third kappa shape index (κ3) is 4.42. The van der Waals surface area contributed by atoms with Gasteiger partial charge in [-0.1, -0.05) is 30.3 Å². The van der Waals surface area contributed by atoms with Crippen LogP contribution < -0.4 is 10.6 Å². The molecule has 0 unspecified atom stereocenters. The minimum Gasteiger partial charge on any atom is -0.381 e. The third-order valence-electron chi connectivity index (χ3n) is 6.80. The number of fused-ring (bicyclic) bond motifs is 1. The number of carbonyl (C=O) groups excluding carboxylic acids is 1. The van der Waals surface area contributed by atoms with Crippen molar-refractivity contribution in [2.24, 2.45) is 0 Å². The molecule has 2 N–H and O–H groups in total. The van der Waals surface area contributed by atoms with Crippen molar-refractivity contribution in [1.82, 2.24) is 25.1 Å². The maximum absolute atomic E-state index is 13.7. The molecule has 0 radical (unpaired) electrons. The molecule has 1 aromatic carbocycles. The van der Waals surface area contributed by atoms with Crippen LogP contribution in [0.2, 0.25) is 0 Å². The number of amides is 2. The third-order valence-corrected chi connectivity index (χ3v) is 6.80. The van der Waals surface area contributed by atoms with Gasteiger partial charge in [-0.3, -0.25) is 0 Å². The van der Waals surface area contributed by atoms with Crippen molar-refractivity contribution in [3.05, 3.63) is 53.3 Å². The number of rotatable bonds is 3. The summed E-state index contributed by atoms with van der Waals surface area (Å²) in [6, 6.07) is 10.9. The Morgan fingerprint density at radius 1 is 1.19 bits per heavy atom. The topological polar surface area (TPSA) is 82.6 Å². The Morgan fingerprint density at radius 2 is 2.00 bits per heavy atom. The van der Waals surface area contributed by atoms with Crippen LogP contribution in [0.25, 0.3) is 0 Å². The van der Waals surface area contributed by atoms with Crippen LogP contribution in [0.5, 0.6) is 0 Å². The second-order valence-electron chi connectivity index (χ2n) is 8.98. The number of anilines is 1. The van der Waals surface area contributed by atoms with Crippen molar-refractivity contribution in [3.8, 4) is 0 Å². The minimum absolute atomic E-state index is 0.0437. The van der Waals surface area contributed by atoms with Gasteiger partial charge >= 0.3 is 6.03 Å². The molecule has 2 atom stereocenters. The molecular weight excluding hydrogens is 404 g/mol. The first-order valence-electron chi connectivity index (χ1n) is 11.7. The average Bonchev–Trinajstić information content (AvgIpc) is 2.84. The minimum atomic E-state index is 0.0437. The molecule has 2 saturated heterocycles. The normalized spacial score (nSPS) is 24.2. The van der Waals surface area contributed by atoms with Crippen LogP contribution in [0, 0.1) is 0 Å². The predicted octanol–water partition coefficient (Wildman–Crippen LogP) is 2.58. The summed E-state index contributed by atoms with van der Waals surface area (Å²) >= 11 is 0. The van der Waals surface area contributed by atoms with Gasteiger partial charge < -0.3 is 25.2 Å². The van der Waals surface area contributed by atoms with Gasteiger partial charge in [-0.05, 0) is 37.3 Å². The van der Waals surface area contributed by atoms with Crippen LogP contribution >= 0.6 is 0 Å². The molecular formula is C24H32N6O2. The van der Waals surface area contributed by atoms with Crippen LogP contribution in [0.1, 0.15) is 42.6 Å². The molecule has 1 aromatic heterocycles. The Kier molecular flexibility index (Phi) is 6.23. The molecule has 0 spiro atoms. The smallest absolute Gasteiger partial charge is 0.321 e. The first-order valence-corrected chi connectivity index (χ1v) is 11.7. The summed E-state index contributed by atoms with van der Waals surface area (Å²) in [4.78, 5) is 27.1. The highest BCUT2D eigenvalue weighted by atomic mass is 16.5. The van der Waals surface area contributed by atoms with Gasteiger partial charge in [0.2, 0.25) is 5.95 Å². The van der Waals surface area contributed by atoms with E-state index in [-0.39, 0.29) is 18.1 Å². The highest BCUT2D eigenvalue weighted by molar-refractivity contribution is 5.76. The molecule has 5 rings (SSSR count). The number of hydrogen-bond acceptors (Lipinski definition) is 6. The lowest BCUT2D eigenvalue weighted by Crippen LogP contribution is -2.55. The van der Waals surface area contributed by atoms with E-state index < -0.39 is 0 Å². The molecule has 4 heterocycles. The van der Waals surface area contributed by atoms with Gasteiger partial charge in [0.05, 0.1) is 18.3 Å². The van der Waals surface area contributed by atoms with Gasteiger partial charge in [0, 0.05) is 51.1 Å². The van der Waals surface area contributed by atoms with E-state index in [9.17, 15) is 4.79 Å². The summed E-state index contributed by atoms with van der Waals surface area (Å²) in [7, 11) is 0. The largest absolute Gasteiger partial charge is 0.381 e. The van der Waals surface area contributed by atoms with Crippen LogP contribution in [0.3, 0.4) is 0 Å². The summed E-state index contributed by atoms with van der Waals surface area (Å²) in [5.74, 6) is 0.655. The van der Waals surface area contributed by atoms with Gasteiger partial charge in [0.15, 0.2) is 0 Å². The SMILES string of the molecule is C[C@@H]1Cc2cnc(NC3CCOCC3)nc2CN1C(=O)N1CCNC[C@@H]1c1ccccc1. The zero-order chi connectivity index (χ0) is 21.9. The monoisotopic (exact) mass is 436 g/mol. The molecule has 2 amide bonds. The van der Waals surface area contributed by atoms with E-state index in [2.05, 4.69) is 34.7 Å². The van der Waals surface area contributed by atoms with Gasteiger partial charge in [0.25, 0.3) is 0 Å². The molecule has 2 aromatic rings. The van der Waals surface area contributed by atoms with Gasteiger partial charge in [-0.15, -0.1) is 0 Å². The molecule has 0 bridgehead atoms. The maximum atomic E-state index is 13.7. The van der Waals surface area contributed by atoms with E-state index in [1.165, 1.54) is 5.56 Å². The van der Waals surface area contributed by atoms with Crippen LogP contribution in [0.4, 0.5) is 10.7 Å². The van der Waals surface area contributed by atoms with Crippen molar-refractivity contribution in [3.63, 3.8) is 0 Å². The van der Waals surface area contributed by atoms with Crippen molar-refractivity contribution in [2.75, 3.05) is 38.2 Å². The number of ether oxygens (including phenoxy) is 1. The maximum Gasteiger partial charge on any atom is 0.321 e. The molecule has 0 aliphatic carbocycles. The van der Waals surface area contributed by atoms with Crippen LogP contribution in [0.15, 0.2) is 36.5 Å². The molecule has 3 aliphatic heterocycles. The van der Waals surface area contributed by atoms with Crippen molar-refractivity contribution >= 4 is 12.0 Å². The zero-order valence-electron chi connectivity index (χ0n) is 18.7. The second kappa shape index (κ2) is 9.42. The lowest BCUT2D eigenvalue weighted by molar-refractivity contribution is 0.0902. The molecule has 170 valence electrons. The van der Waals surface area contributed by atoms with Gasteiger partial charge in [-0.25, -0.2) is 14.8 Å². The highest BCUT2D eigenvalue weighted by Crippen LogP contribution is 2.28. The first kappa shape index (κ1) is 21.2. The van der Waals surface area contributed by atoms with E-state index in [0.717, 1.165) is 56.8 Å². The fraction of sp³-hybridized carbons (Fsp3) is 0.542. The van der Waals surface area contributed by atoms with Gasteiger partial charge in [-0.2, -0.15) is 0 Å². The Labute approximate surface area is 189 Å². The van der Waals surface area contributed by atoms with Crippen LogP contribution in [-0.2, 0) is 17.7 Å². The van der Waals surface area contributed by atoms with E-state index in [4.69, 9.17) is 9.72 Å². The summed E-state index contributed by atoms with van der Waals surface area (Å²) in [6.07, 6.45) is 4.64. The second-order valence-corrected chi connectivity index (χ2v) is 8.98. The van der Waals surface area contributed by atoms with Crippen molar-refractivity contribution < 1.29 is 9.53 Å². The average molecular weight is 437 g/mol. The molecule has 32 heavy (non-hydrogen) atoms. The number of hydrogen-bond donors (Lipinski definition) is 2. The standard InChI is InChI=1S/C24H32N6O2/c1-17-13-19-14-26-23(27-20-7-11-32-12-8-20)28-21(19)16-30(17)24(31)29-10-9-25-15-22(29)18-5-3-2-4-6-18/h2-6,14,17,20,22,25H,7-13,15-16H2,1H3,(H,26,27,28)/t17-,22-/m1/s1. The Morgan fingerprint density at radius 3 is 2.81 bits per heavy atom. The zero-order valence-corrected chi connectivity index (χ0v) is 18.7. The number of nitrogens with one attached hydrogen (secondary N) is 2. The lowest BCUT2D eigenvalue weighted by atomic mass is 9.99. The highest BCUT2D eigenvalue weighted by Gasteiger charge is 2.35. The fourth-order valence-corrected chi connectivity index (χ4v) is 4.92. The van der Waals surface area contributed by atoms with Crippen LogP contribution in [-0.4, -0.2) is 70.7 Å². The predicted molar refractivity (Wildman–Crippen MR) is 122 cm³/mol. The number of aromatic nitrogens is 2. The van der Waals surface area contributed by atoms with Crippen molar-refractivity contribution in [2.45, 2.75) is 50.9 Å². The lowest BCUT2D eigenvalue weighted by Gasteiger charge is -2.43. The molecule has 8 heteroatoms. The molecule has 0 saturated carbocycles. The van der Waals surface area contributed by atoms with Crippen molar-refractivity contribution in [1.29, 1.82) is 0 Å². The van der Waals surface area contributed by atoms with Gasteiger partial charge in [0.1, 0.15) is 0 Å². The van der Waals surface area contributed by atoms with E-state index in [0.29, 0.717) is 25.1 Å². The summed E-state index contributed by atoms with van der Waals surface area (Å²) in [5.41, 5.74) is 3.26. The summed E-state index contributed by atoms with van der Waals surface area (Å²) in [5, 5.41) is 6.90. The Bertz CT molecular complexity index is 933. The Balaban J connectivity index is 1.33. The summed E-state index contributed by atoms with van der Waals surface area (Å²) in [6.45, 7) is 6.48. The van der Waals surface area contributed by atoms with E-state index >= 15 is 0 Å². The summed E-state index contributed by atoms with van der Waals surface area (Å²) < 4.78 is 5.44.